The van der Waals surface area contributed by atoms with E-state index < -0.39 is 5.41 Å². The van der Waals surface area contributed by atoms with Gasteiger partial charge < -0.3 is 9.64 Å². The zero-order valence-corrected chi connectivity index (χ0v) is 22.0. The first kappa shape index (κ1) is 24.0. The Morgan fingerprint density at radius 3 is 2.55 bits per heavy atom. The monoisotopic (exact) mass is 501 g/mol. The van der Waals surface area contributed by atoms with Crippen molar-refractivity contribution in [2.45, 2.75) is 38.0 Å². The molecule has 2 aromatic heterocycles. The van der Waals surface area contributed by atoms with Crippen molar-refractivity contribution in [2.24, 2.45) is 0 Å². The second-order valence-electron chi connectivity index (χ2n) is 10.7. The number of methoxy groups -OCH3 is 1. The lowest BCUT2D eigenvalue weighted by Gasteiger charge is -2.34. The number of H-pyrrole nitrogens is 1. The van der Waals surface area contributed by atoms with E-state index >= 15 is 0 Å². The van der Waals surface area contributed by atoms with E-state index in [0.29, 0.717) is 5.92 Å². The van der Waals surface area contributed by atoms with Gasteiger partial charge in [-0.2, -0.15) is 10.4 Å². The molecule has 1 aliphatic heterocycles. The van der Waals surface area contributed by atoms with Gasteiger partial charge in [0.2, 0.25) is 0 Å². The summed E-state index contributed by atoms with van der Waals surface area (Å²) in [6.45, 7) is 5.91. The molecule has 0 amide bonds. The molecule has 0 atom stereocenters. The topological polar surface area (TPSA) is 77.8 Å². The molecule has 1 N–H and O–H groups in total. The highest BCUT2D eigenvalue weighted by atomic mass is 16.5. The minimum atomic E-state index is -0.528. The van der Waals surface area contributed by atoms with Crippen molar-refractivity contribution < 1.29 is 4.74 Å². The first-order chi connectivity index (χ1) is 18.5. The number of hydrogen-bond donors (Lipinski definition) is 1. The lowest BCUT2D eigenvalue weighted by atomic mass is 9.85. The molecule has 3 heterocycles. The van der Waals surface area contributed by atoms with Gasteiger partial charge in [0.25, 0.3) is 0 Å². The van der Waals surface area contributed by atoms with E-state index in [1.807, 2.05) is 38.2 Å². The summed E-state index contributed by atoms with van der Waals surface area (Å²) in [5, 5.41) is 19.6. The van der Waals surface area contributed by atoms with Crippen molar-refractivity contribution >= 4 is 27.5 Å². The summed E-state index contributed by atoms with van der Waals surface area (Å²) in [6, 6.07) is 25.6. The van der Waals surface area contributed by atoms with Gasteiger partial charge in [0.05, 0.1) is 35.8 Å². The number of aromatic nitrogens is 3. The van der Waals surface area contributed by atoms with Gasteiger partial charge >= 0.3 is 0 Å². The summed E-state index contributed by atoms with van der Waals surface area (Å²) in [7, 11) is 1.72. The van der Waals surface area contributed by atoms with Crippen LogP contribution in [0.4, 0.5) is 5.69 Å². The van der Waals surface area contributed by atoms with E-state index in [0.717, 1.165) is 70.3 Å². The van der Waals surface area contributed by atoms with Crippen LogP contribution in [0.1, 0.15) is 43.7 Å². The average molecular weight is 502 g/mol. The Labute approximate surface area is 222 Å². The van der Waals surface area contributed by atoms with Crippen molar-refractivity contribution in [3.63, 3.8) is 0 Å². The molecule has 1 fully saturated rings. The molecule has 0 spiro atoms. The Bertz CT molecular complexity index is 1650. The summed E-state index contributed by atoms with van der Waals surface area (Å²) in [6.07, 6.45) is 4.06. The molecule has 38 heavy (non-hydrogen) atoms. The van der Waals surface area contributed by atoms with E-state index in [4.69, 9.17) is 9.72 Å². The van der Waals surface area contributed by atoms with Gasteiger partial charge in [-0.3, -0.25) is 10.1 Å². The molecule has 1 saturated heterocycles. The third kappa shape index (κ3) is 4.24. The first-order valence-corrected chi connectivity index (χ1v) is 13.1. The fourth-order valence-electron chi connectivity index (χ4n) is 5.57. The SMILES string of the molecule is COc1cccc(N2CCC(c3ccc4ncc5[nH]nc(-c6ccc(C(C)(C)C#N)cc6)c5c4c3)CC2)c1. The summed E-state index contributed by atoms with van der Waals surface area (Å²) < 4.78 is 5.42. The molecule has 1 aliphatic rings. The predicted molar refractivity (Wildman–Crippen MR) is 153 cm³/mol. The quantitative estimate of drug-likeness (QED) is 0.281. The Morgan fingerprint density at radius 2 is 1.82 bits per heavy atom. The maximum Gasteiger partial charge on any atom is 0.120 e. The number of benzene rings is 3. The molecule has 6 rings (SSSR count). The minimum absolute atomic E-state index is 0.499. The Kier molecular flexibility index (Phi) is 6.00. The highest BCUT2D eigenvalue weighted by Gasteiger charge is 2.23. The van der Waals surface area contributed by atoms with Gasteiger partial charge in [-0.1, -0.05) is 36.4 Å². The Hall–Kier alpha value is -4.37. The number of rotatable bonds is 5. The summed E-state index contributed by atoms with van der Waals surface area (Å²) >= 11 is 0. The highest BCUT2D eigenvalue weighted by Crippen LogP contribution is 2.37. The van der Waals surface area contributed by atoms with Crippen LogP contribution in [0.25, 0.3) is 33.1 Å². The van der Waals surface area contributed by atoms with Gasteiger partial charge in [-0.25, -0.2) is 0 Å². The number of nitrogens with one attached hydrogen (secondary N) is 1. The van der Waals surface area contributed by atoms with Gasteiger partial charge in [-0.05, 0) is 68.0 Å². The molecule has 190 valence electrons. The first-order valence-electron chi connectivity index (χ1n) is 13.1. The van der Waals surface area contributed by atoms with Crippen LogP contribution in [0.2, 0.25) is 0 Å². The molecule has 6 nitrogen and oxygen atoms in total. The number of piperidine rings is 1. The number of nitrogens with zero attached hydrogens (tertiary/aromatic N) is 4. The van der Waals surface area contributed by atoms with E-state index in [-0.39, 0.29) is 0 Å². The molecule has 0 aliphatic carbocycles. The third-order valence-corrected chi connectivity index (χ3v) is 7.96. The van der Waals surface area contributed by atoms with Crippen molar-refractivity contribution in [3.05, 3.63) is 84.1 Å². The molecule has 0 saturated carbocycles. The molecular weight excluding hydrogens is 470 g/mol. The van der Waals surface area contributed by atoms with Crippen molar-refractivity contribution in [3.8, 4) is 23.1 Å². The van der Waals surface area contributed by atoms with Crippen LogP contribution in [0, 0.1) is 11.3 Å². The normalized spacial score (nSPS) is 14.6. The summed E-state index contributed by atoms with van der Waals surface area (Å²) in [5.74, 6) is 1.40. The summed E-state index contributed by atoms with van der Waals surface area (Å²) in [4.78, 5) is 7.15. The Morgan fingerprint density at radius 1 is 1.03 bits per heavy atom. The van der Waals surface area contributed by atoms with E-state index in [1.54, 1.807) is 7.11 Å². The van der Waals surface area contributed by atoms with Crippen LogP contribution in [0.15, 0.2) is 72.9 Å². The van der Waals surface area contributed by atoms with Crippen molar-refractivity contribution in [1.82, 2.24) is 15.2 Å². The van der Waals surface area contributed by atoms with Crippen LogP contribution in [0.3, 0.4) is 0 Å². The van der Waals surface area contributed by atoms with Crippen LogP contribution in [-0.4, -0.2) is 35.4 Å². The van der Waals surface area contributed by atoms with Crippen LogP contribution in [-0.2, 0) is 5.41 Å². The second kappa shape index (κ2) is 9.50. The average Bonchev–Trinajstić information content (AvgIpc) is 3.42. The lowest BCUT2D eigenvalue weighted by Crippen LogP contribution is -2.32. The molecule has 6 heteroatoms. The Balaban J connectivity index is 1.31. The number of ether oxygens (including phenoxy) is 1. The van der Waals surface area contributed by atoms with Gasteiger partial charge in [0.15, 0.2) is 0 Å². The van der Waals surface area contributed by atoms with Crippen LogP contribution < -0.4 is 9.64 Å². The summed E-state index contributed by atoms with van der Waals surface area (Å²) in [5.41, 5.74) is 6.89. The molecule has 0 radical (unpaired) electrons. The maximum absolute atomic E-state index is 9.51. The largest absolute Gasteiger partial charge is 0.497 e. The standard InChI is InChI=1S/C32H31N5O/c1-32(2,20-33)24-10-7-22(8-11-24)31-30-27-17-23(9-12-28(27)34-19-29(30)35-36-31)21-13-15-37(16-14-21)25-5-4-6-26(18-25)38-3/h4-12,17-19,21H,13-16H2,1-3H3,(H,35,36). The number of hydrogen-bond acceptors (Lipinski definition) is 5. The van der Waals surface area contributed by atoms with Crippen LogP contribution >= 0.6 is 0 Å². The smallest absolute Gasteiger partial charge is 0.120 e. The van der Waals surface area contributed by atoms with Gasteiger partial charge in [-0.15, -0.1) is 0 Å². The molecule has 0 unspecified atom stereocenters. The number of fused-ring (bicyclic) bond motifs is 3. The minimum Gasteiger partial charge on any atom is -0.497 e. The van der Waals surface area contributed by atoms with E-state index in [2.05, 4.69) is 69.7 Å². The fourth-order valence-corrected chi connectivity index (χ4v) is 5.57. The highest BCUT2D eigenvalue weighted by molar-refractivity contribution is 6.11. The fraction of sp³-hybridized carbons (Fsp3) is 0.281. The molecule has 5 aromatic rings. The van der Waals surface area contributed by atoms with Gasteiger partial charge in [0, 0.05) is 41.2 Å². The number of pyridine rings is 1. The van der Waals surface area contributed by atoms with E-state index in [9.17, 15) is 5.26 Å². The zero-order valence-electron chi connectivity index (χ0n) is 22.0. The lowest BCUT2D eigenvalue weighted by molar-refractivity contribution is 0.414. The maximum atomic E-state index is 9.51. The second-order valence-corrected chi connectivity index (χ2v) is 10.7. The molecule has 0 bridgehead atoms. The number of anilines is 1. The predicted octanol–water partition coefficient (Wildman–Crippen LogP) is 6.97. The van der Waals surface area contributed by atoms with Gasteiger partial charge in [0.1, 0.15) is 11.4 Å². The van der Waals surface area contributed by atoms with Crippen molar-refractivity contribution in [2.75, 3.05) is 25.1 Å². The molecular formula is C32H31N5O. The van der Waals surface area contributed by atoms with Crippen LogP contribution in [0.5, 0.6) is 5.75 Å². The van der Waals surface area contributed by atoms with E-state index in [1.165, 1.54) is 11.3 Å². The third-order valence-electron chi connectivity index (χ3n) is 7.96. The number of aromatic amines is 1. The molecule has 3 aromatic carbocycles. The number of nitriles is 1. The zero-order chi connectivity index (χ0) is 26.3. The van der Waals surface area contributed by atoms with Crippen molar-refractivity contribution in [1.29, 1.82) is 5.26 Å².